The second-order valence-corrected chi connectivity index (χ2v) is 5.80. The molecule has 5 heteroatoms. The van der Waals surface area contributed by atoms with Crippen LogP contribution in [0.5, 0.6) is 0 Å². The van der Waals surface area contributed by atoms with Gasteiger partial charge in [0.1, 0.15) is 5.92 Å². The lowest BCUT2D eigenvalue weighted by Crippen LogP contribution is -2.25. The number of Topliss-reactive ketones (excluding diaryl/α,β-unsaturated/α-hetero) is 3. The fourth-order valence-corrected chi connectivity index (χ4v) is 2.86. The van der Waals surface area contributed by atoms with Gasteiger partial charge in [0.15, 0.2) is 17.3 Å². The van der Waals surface area contributed by atoms with Gasteiger partial charge >= 0.3 is 0 Å². The minimum atomic E-state index is -1.38. The van der Waals surface area contributed by atoms with E-state index in [0.717, 1.165) is 5.56 Å². The Balaban J connectivity index is 2.02. The molecule has 0 saturated carbocycles. The molecule has 24 heavy (non-hydrogen) atoms. The van der Waals surface area contributed by atoms with Gasteiger partial charge in [-0.05, 0) is 13.0 Å². The summed E-state index contributed by atoms with van der Waals surface area (Å²) in [6.45, 7) is 3.20. The molecule has 0 aromatic heterocycles. The van der Waals surface area contributed by atoms with Crippen molar-refractivity contribution in [2.24, 2.45) is 5.92 Å². The molecule has 0 bridgehead atoms. The third kappa shape index (κ3) is 2.54. The number of carbonyl (C=O) groups is 4. The number of benzene rings is 2. The zero-order chi connectivity index (χ0) is 17.4. The van der Waals surface area contributed by atoms with Crippen LogP contribution in [0.15, 0.2) is 42.5 Å². The van der Waals surface area contributed by atoms with Crippen LogP contribution >= 0.6 is 0 Å². The maximum absolute atomic E-state index is 12.7. The number of nitrogens with one attached hydrogen (secondary N) is 1. The Bertz CT molecular complexity index is 881. The Labute approximate surface area is 138 Å². The van der Waals surface area contributed by atoms with Crippen molar-refractivity contribution in [3.8, 4) is 0 Å². The SMILES string of the molecule is CC(=O)Nc1cccc2c1C(=O)C(C(=O)c1ccc(C)cc1)C2=O. The molecule has 1 amide bonds. The summed E-state index contributed by atoms with van der Waals surface area (Å²) in [7, 11) is 0. The lowest BCUT2D eigenvalue weighted by Gasteiger charge is -2.08. The number of carbonyl (C=O) groups excluding carboxylic acids is 4. The number of hydrogen-bond acceptors (Lipinski definition) is 4. The van der Waals surface area contributed by atoms with Gasteiger partial charge < -0.3 is 5.32 Å². The zero-order valence-corrected chi connectivity index (χ0v) is 13.3. The first-order valence-electron chi connectivity index (χ1n) is 7.50. The number of aryl methyl sites for hydroxylation is 1. The predicted molar refractivity (Wildman–Crippen MR) is 88.4 cm³/mol. The van der Waals surface area contributed by atoms with E-state index in [2.05, 4.69) is 5.32 Å². The summed E-state index contributed by atoms with van der Waals surface area (Å²) in [5, 5.41) is 2.54. The average Bonchev–Trinajstić information content (AvgIpc) is 2.79. The largest absolute Gasteiger partial charge is 0.326 e. The maximum atomic E-state index is 12.7. The van der Waals surface area contributed by atoms with Gasteiger partial charge in [-0.3, -0.25) is 19.2 Å². The predicted octanol–water partition coefficient (Wildman–Crippen LogP) is 2.83. The van der Waals surface area contributed by atoms with Crippen LogP contribution in [-0.4, -0.2) is 23.3 Å². The first kappa shape index (κ1) is 15.8. The molecule has 0 radical (unpaired) electrons. The van der Waals surface area contributed by atoms with E-state index in [-0.39, 0.29) is 22.7 Å². The van der Waals surface area contributed by atoms with Gasteiger partial charge in [0, 0.05) is 18.1 Å². The third-order valence-electron chi connectivity index (χ3n) is 4.01. The summed E-state index contributed by atoms with van der Waals surface area (Å²) < 4.78 is 0. The molecule has 0 fully saturated rings. The van der Waals surface area contributed by atoms with Crippen LogP contribution in [-0.2, 0) is 4.79 Å². The first-order chi connectivity index (χ1) is 11.4. The summed E-state index contributed by atoms with van der Waals surface area (Å²) in [4.78, 5) is 49.2. The van der Waals surface area contributed by atoms with Gasteiger partial charge in [-0.15, -0.1) is 0 Å². The number of ketones is 3. The van der Waals surface area contributed by atoms with Gasteiger partial charge in [0.05, 0.1) is 11.3 Å². The highest BCUT2D eigenvalue weighted by molar-refractivity contribution is 6.39. The molecule has 2 aromatic carbocycles. The van der Waals surface area contributed by atoms with Crippen LogP contribution in [0.3, 0.4) is 0 Å². The molecule has 0 aliphatic heterocycles. The molecule has 0 saturated heterocycles. The number of amides is 1. The van der Waals surface area contributed by atoms with Crippen molar-refractivity contribution in [3.05, 3.63) is 64.7 Å². The van der Waals surface area contributed by atoms with E-state index in [1.54, 1.807) is 36.4 Å². The highest BCUT2D eigenvalue weighted by Crippen LogP contribution is 2.34. The average molecular weight is 321 g/mol. The number of rotatable bonds is 3. The van der Waals surface area contributed by atoms with Crippen molar-refractivity contribution in [1.82, 2.24) is 0 Å². The van der Waals surface area contributed by atoms with Crippen LogP contribution in [0.1, 0.15) is 43.6 Å². The van der Waals surface area contributed by atoms with Gasteiger partial charge in [-0.25, -0.2) is 0 Å². The molecular formula is C19H15NO4. The van der Waals surface area contributed by atoms with Gasteiger partial charge in [-0.1, -0.05) is 42.0 Å². The van der Waals surface area contributed by atoms with Crippen molar-refractivity contribution in [2.45, 2.75) is 13.8 Å². The second kappa shape index (κ2) is 5.85. The summed E-state index contributed by atoms with van der Waals surface area (Å²) in [6.07, 6.45) is 0. The molecule has 5 nitrogen and oxygen atoms in total. The van der Waals surface area contributed by atoms with Crippen molar-refractivity contribution in [2.75, 3.05) is 5.32 Å². The summed E-state index contributed by atoms with van der Waals surface area (Å²) in [5.41, 5.74) is 1.85. The van der Waals surface area contributed by atoms with Crippen LogP contribution in [0.2, 0.25) is 0 Å². The fraction of sp³-hybridized carbons (Fsp3) is 0.158. The van der Waals surface area contributed by atoms with Crippen molar-refractivity contribution in [1.29, 1.82) is 0 Å². The van der Waals surface area contributed by atoms with Gasteiger partial charge in [0.2, 0.25) is 5.91 Å². The highest BCUT2D eigenvalue weighted by atomic mass is 16.2. The normalized spacial score (nSPS) is 16.0. The fourth-order valence-electron chi connectivity index (χ4n) is 2.86. The molecule has 2 aromatic rings. The van der Waals surface area contributed by atoms with E-state index in [1.165, 1.54) is 13.0 Å². The van der Waals surface area contributed by atoms with Crippen LogP contribution in [0, 0.1) is 12.8 Å². The number of anilines is 1. The Morgan fingerprint density at radius 1 is 0.958 bits per heavy atom. The summed E-state index contributed by atoms with van der Waals surface area (Å²) in [6, 6.07) is 11.4. The number of fused-ring (bicyclic) bond motifs is 1. The zero-order valence-electron chi connectivity index (χ0n) is 13.3. The van der Waals surface area contributed by atoms with Crippen molar-refractivity contribution < 1.29 is 19.2 Å². The highest BCUT2D eigenvalue weighted by Gasteiger charge is 2.44. The van der Waals surface area contributed by atoms with E-state index in [0.29, 0.717) is 5.56 Å². The molecule has 0 heterocycles. The smallest absolute Gasteiger partial charge is 0.221 e. The standard InChI is InChI=1S/C19H15NO4/c1-10-6-8-12(9-7-10)17(22)16-18(23)13-4-3-5-14(20-11(2)21)15(13)19(16)24/h3-9,16H,1-2H3,(H,20,21). The summed E-state index contributed by atoms with van der Waals surface area (Å²) in [5.74, 6) is -3.33. The summed E-state index contributed by atoms with van der Waals surface area (Å²) >= 11 is 0. The van der Waals surface area contributed by atoms with E-state index >= 15 is 0 Å². The molecular weight excluding hydrogens is 306 g/mol. The van der Waals surface area contributed by atoms with Crippen molar-refractivity contribution >= 4 is 28.9 Å². The molecule has 1 aliphatic rings. The lowest BCUT2D eigenvalue weighted by molar-refractivity contribution is -0.114. The minimum absolute atomic E-state index is 0.114. The molecule has 0 spiro atoms. The van der Waals surface area contributed by atoms with Crippen LogP contribution < -0.4 is 5.32 Å². The quantitative estimate of drug-likeness (QED) is 0.696. The minimum Gasteiger partial charge on any atom is -0.326 e. The Morgan fingerprint density at radius 2 is 1.62 bits per heavy atom. The molecule has 1 unspecified atom stereocenters. The lowest BCUT2D eigenvalue weighted by atomic mass is 9.93. The van der Waals surface area contributed by atoms with E-state index in [4.69, 9.17) is 0 Å². The first-order valence-corrected chi connectivity index (χ1v) is 7.50. The monoisotopic (exact) mass is 321 g/mol. The van der Waals surface area contributed by atoms with Crippen LogP contribution in [0.25, 0.3) is 0 Å². The molecule has 1 aliphatic carbocycles. The third-order valence-corrected chi connectivity index (χ3v) is 4.01. The van der Waals surface area contributed by atoms with E-state index in [9.17, 15) is 19.2 Å². The maximum Gasteiger partial charge on any atom is 0.221 e. The van der Waals surface area contributed by atoms with Gasteiger partial charge in [-0.2, -0.15) is 0 Å². The Kier molecular flexibility index (Phi) is 3.85. The Hall–Kier alpha value is -3.08. The molecule has 3 rings (SSSR count). The molecule has 1 N–H and O–H groups in total. The van der Waals surface area contributed by atoms with Crippen LogP contribution in [0.4, 0.5) is 5.69 Å². The van der Waals surface area contributed by atoms with Gasteiger partial charge in [0.25, 0.3) is 0 Å². The van der Waals surface area contributed by atoms with E-state index < -0.39 is 23.3 Å². The second-order valence-electron chi connectivity index (χ2n) is 5.80. The Morgan fingerprint density at radius 3 is 2.25 bits per heavy atom. The molecule has 120 valence electrons. The van der Waals surface area contributed by atoms with Crippen molar-refractivity contribution in [3.63, 3.8) is 0 Å². The number of hydrogen-bond donors (Lipinski definition) is 1. The molecule has 1 atom stereocenters. The van der Waals surface area contributed by atoms with E-state index in [1.807, 2.05) is 6.92 Å². The topological polar surface area (TPSA) is 80.3 Å².